The molecule has 1 aliphatic rings. The van der Waals surface area contributed by atoms with Crippen LogP contribution in [-0.4, -0.2) is 28.0 Å². The van der Waals surface area contributed by atoms with Gasteiger partial charge in [0, 0.05) is 25.8 Å². The molecule has 2 rings (SSSR count). The maximum atomic E-state index is 9.88. The van der Waals surface area contributed by atoms with Crippen LogP contribution >= 0.6 is 0 Å². The SMILES string of the molecule is Cc1cc(C2(O)CNC2)nn1C. The van der Waals surface area contributed by atoms with Crippen molar-refractivity contribution in [2.45, 2.75) is 12.5 Å². The predicted molar refractivity (Wildman–Crippen MR) is 44.7 cm³/mol. The number of aromatic nitrogens is 2. The molecule has 0 aromatic carbocycles. The highest BCUT2D eigenvalue weighted by Gasteiger charge is 2.38. The Balaban J connectivity index is 2.34. The Labute approximate surface area is 71.2 Å². The Morgan fingerprint density at radius 1 is 1.67 bits per heavy atom. The summed E-state index contributed by atoms with van der Waals surface area (Å²) in [5.74, 6) is 0. The van der Waals surface area contributed by atoms with Crippen LogP contribution in [0.1, 0.15) is 11.4 Å². The van der Waals surface area contributed by atoms with Crippen molar-refractivity contribution >= 4 is 0 Å². The first-order valence-corrected chi connectivity index (χ1v) is 4.06. The summed E-state index contributed by atoms with van der Waals surface area (Å²) < 4.78 is 1.78. The van der Waals surface area contributed by atoms with Crippen LogP contribution in [-0.2, 0) is 12.6 Å². The predicted octanol–water partition coefficient (Wildman–Crippen LogP) is -0.481. The van der Waals surface area contributed by atoms with E-state index in [1.165, 1.54) is 0 Å². The first-order valence-electron chi connectivity index (χ1n) is 4.06. The van der Waals surface area contributed by atoms with Gasteiger partial charge >= 0.3 is 0 Å². The molecule has 4 nitrogen and oxygen atoms in total. The summed E-state index contributed by atoms with van der Waals surface area (Å²) in [6.07, 6.45) is 0. The van der Waals surface area contributed by atoms with E-state index >= 15 is 0 Å². The van der Waals surface area contributed by atoms with E-state index in [1.807, 2.05) is 20.0 Å². The van der Waals surface area contributed by atoms with Gasteiger partial charge in [-0.25, -0.2) is 0 Å². The fourth-order valence-electron chi connectivity index (χ4n) is 1.33. The molecule has 0 amide bonds. The minimum atomic E-state index is -0.716. The Hall–Kier alpha value is -0.870. The molecule has 4 heteroatoms. The number of nitrogens with one attached hydrogen (secondary N) is 1. The molecule has 1 aromatic heterocycles. The van der Waals surface area contributed by atoms with Crippen molar-refractivity contribution in [2.24, 2.45) is 7.05 Å². The van der Waals surface area contributed by atoms with Crippen LogP contribution in [0.5, 0.6) is 0 Å². The van der Waals surface area contributed by atoms with Crippen LogP contribution in [0.4, 0.5) is 0 Å². The fraction of sp³-hybridized carbons (Fsp3) is 0.625. The van der Waals surface area contributed by atoms with Crippen molar-refractivity contribution in [3.05, 3.63) is 17.5 Å². The summed E-state index contributed by atoms with van der Waals surface area (Å²) in [6, 6.07) is 1.93. The van der Waals surface area contributed by atoms with E-state index in [4.69, 9.17) is 0 Å². The molecule has 0 saturated carbocycles. The van der Waals surface area contributed by atoms with Crippen molar-refractivity contribution < 1.29 is 5.11 Å². The molecule has 0 unspecified atom stereocenters. The van der Waals surface area contributed by atoms with E-state index in [1.54, 1.807) is 4.68 Å². The van der Waals surface area contributed by atoms with Crippen LogP contribution in [0.25, 0.3) is 0 Å². The van der Waals surface area contributed by atoms with Crippen LogP contribution in [0, 0.1) is 6.92 Å². The molecule has 0 bridgehead atoms. The molecule has 66 valence electrons. The highest BCUT2D eigenvalue weighted by Crippen LogP contribution is 2.23. The van der Waals surface area contributed by atoms with Crippen LogP contribution in [0.2, 0.25) is 0 Å². The smallest absolute Gasteiger partial charge is 0.133 e. The molecule has 0 aliphatic carbocycles. The lowest BCUT2D eigenvalue weighted by atomic mass is 9.93. The summed E-state index contributed by atoms with van der Waals surface area (Å²) in [5, 5.41) is 17.1. The van der Waals surface area contributed by atoms with Gasteiger partial charge in [0.15, 0.2) is 0 Å². The second-order valence-electron chi connectivity index (χ2n) is 3.43. The summed E-state index contributed by atoms with van der Waals surface area (Å²) >= 11 is 0. The highest BCUT2D eigenvalue weighted by atomic mass is 16.3. The van der Waals surface area contributed by atoms with Gasteiger partial charge in [-0.1, -0.05) is 0 Å². The molecule has 1 saturated heterocycles. The lowest BCUT2D eigenvalue weighted by Crippen LogP contribution is -2.57. The summed E-state index contributed by atoms with van der Waals surface area (Å²) in [4.78, 5) is 0. The van der Waals surface area contributed by atoms with E-state index in [-0.39, 0.29) is 0 Å². The van der Waals surface area contributed by atoms with Gasteiger partial charge in [0.25, 0.3) is 0 Å². The second kappa shape index (κ2) is 2.31. The standard InChI is InChI=1S/C8H13N3O/c1-6-3-7(10-11(6)2)8(12)4-9-5-8/h3,9,12H,4-5H2,1-2H3. The van der Waals surface area contributed by atoms with Crippen molar-refractivity contribution in [3.63, 3.8) is 0 Å². The van der Waals surface area contributed by atoms with Crippen molar-refractivity contribution in [1.82, 2.24) is 15.1 Å². The maximum absolute atomic E-state index is 9.88. The van der Waals surface area contributed by atoms with E-state index < -0.39 is 5.60 Å². The lowest BCUT2D eigenvalue weighted by Gasteiger charge is -2.35. The van der Waals surface area contributed by atoms with Crippen LogP contribution < -0.4 is 5.32 Å². The molecule has 0 radical (unpaired) electrons. The lowest BCUT2D eigenvalue weighted by molar-refractivity contribution is -0.0190. The van der Waals surface area contributed by atoms with Gasteiger partial charge in [0.1, 0.15) is 5.60 Å². The molecule has 2 N–H and O–H groups in total. The number of aryl methyl sites for hydroxylation is 2. The molecule has 2 heterocycles. The van der Waals surface area contributed by atoms with E-state index in [0.29, 0.717) is 13.1 Å². The molecule has 12 heavy (non-hydrogen) atoms. The van der Waals surface area contributed by atoms with Gasteiger partial charge in [0.2, 0.25) is 0 Å². The molecule has 1 aliphatic heterocycles. The summed E-state index contributed by atoms with van der Waals surface area (Å²) in [5.41, 5.74) is 1.14. The quantitative estimate of drug-likeness (QED) is 0.594. The minimum Gasteiger partial charge on any atom is -0.381 e. The fourth-order valence-corrected chi connectivity index (χ4v) is 1.33. The van der Waals surface area contributed by atoms with Crippen molar-refractivity contribution in [3.8, 4) is 0 Å². The number of hydrogen-bond donors (Lipinski definition) is 2. The molecule has 1 aromatic rings. The number of nitrogens with zero attached hydrogens (tertiary/aromatic N) is 2. The second-order valence-corrected chi connectivity index (χ2v) is 3.43. The first kappa shape index (κ1) is 7.76. The zero-order chi connectivity index (χ0) is 8.77. The normalized spacial score (nSPS) is 20.6. The highest BCUT2D eigenvalue weighted by molar-refractivity contribution is 5.20. The Morgan fingerprint density at radius 3 is 2.67 bits per heavy atom. The van der Waals surface area contributed by atoms with Crippen molar-refractivity contribution in [1.29, 1.82) is 0 Å². The number of rotatable bonds is 1. The van der Waals surface area contributed by atoms with Gasteiger partial charge in [-0.05, 0) is 13.0 Å². The summed E-state index contributed by atoms with van der Waals surface area (Å²) in [6.45, 7) is 3.21. The summed E-state index contributed by atoms with van der Waals surface area (Å²) in [7, 11) is 1.88. The van der Waals surface area contributed by atoms with Gasteiger partial charge in [-0.15, -0.1) is 0 Å². The molecule has 0 spiro atoms. The van der Waals surface area contributed by atoms with Gasteiger partial charge in [0.05, 0.1) is 5.69 Å². The van der Waals surface area contributed by atoms with E-state index in [9.17, 15) is 5.11 Å². The first-order chi connectivity index (χ1) is 5.62. The Bertz CT molecular complexity index is 282. The Morgan fingerprint density at radius 2 is 2.33 bits per heavy atom. The number of aliphatic hydroxyl groups is 1. The number of hydrogen-bond acceptors (Lipinski definition) is 3. The largest absolute Gasteiger partial charge is 0.381 e. The molecular formula is C8H13N3O. The van der Waals surface area contributed by atoms with Gasteiger partial charge in [-0.3, -0.25) is 4.68 Å². The number of β-amino-alcohol motifs (C(OH)–C–C–N with tert-alkyl or cyclic N) is 1. The van der Waals surface area contributed by atoms with Crippen LogP contribution in [0.3, 0.4) is 0 Å². The molecule has 1 fully saturated rings. The Kier molecular flexibility index (Phi) is 1.49. The third-order valence-corrected chi connectivity index (χ3v) is 2.43. The van der Waals surface area contributed by atoms with Gasteiger partial charge in [-0.2, -0.15) is 5.10 Å². The van der Waals surface area contributed by atoms with Gasteiger partial charge < -0.3 is 10.4 Å². The van der Waals surface area contributed by atoms with Crippen LogP contribution in [0.15, 0.2) is 6.07 Å². The minimum absolute atomic E-state index is 0.615. The topological polar surface area (TPSA) is 50.1 Å². The third-order valence-electron chi connectivity index (χ3n) is 2.43. The van der Waals surface area contributed by atoms with Crippen molar-refractivity contribution in [2.75, 3.05) is 13.1 Å². The average molecular weight is 167 g/mol. The monoisotopic (exact) mass is 167 g/mol. The molecule has 0 atom stereocenters. The molecular weight excluding hydrogens is 154 g/mol. The zero-order valence-electron chi connectivity index (χ0n) is 7.33. The third kappa shape index (κ3) is 0.956. The van der Waals surface area contributed by atoms with E-state index in [0.717, 1.165) is 11.4 Å². The van der Waals surface area contributed by atoms with E-state index in [2.05, 4.69) is 10.4 Å². The average Bonchev–Trinajstić information content (AvgIpc) is 2.28. The maximum Gasteiger partial charge on any atom is 0.133 e. The zero-order valence-corrected chi connectivity index (χ0v) is 7.33.